The van der Waals surface area contributed by atoms with Gasteiger partial charge in [-0.15, -0.1) is 0 Å². The van der Waals surface area contributed by atoms with Gasteiger partial charge in [0.2, 0.25) is 0 Å². The zero-order valence-electron chi connectivity index (χ0n) is 13.9. The molecule has 0 aromatic heterocycles. The van der Waals surface area contributed by atoms with Gasteiger partial charge in [0.1, 0.15) is 18.2 Å². The minimum atomic E-state index is -0.304. The number of hydrogen-bond donors (Lipinski definition) is 0. The van der Waals surface area contributed by atoms with Gasteiger partial charge < -0.3 is 4.74 Å². The summed E-state index contributed by atoms with van der Waals surface area (Å²) in [4.78, 5) is 25.5. The van der Waals surface area contributed by atoms with Crippen LogP contribution in [0.15, 0.2) is 51.8 Å². The van der Waals surface area contributed by atoms with Crippen LogP contribution in [-0.4, -0.2) is 22.6 Å². The van der Waals surface area contributed by atoms with Crippen LogP contribution in [0.1, 0.15) is 18.1 Å². The Morgan fingerprint density at radius 2 is 2.04 bits per heavy atom. The zero-order valence-corrected chi connectivity index (χ0v) is 16.3. The quantitative estimate of drug-likeness (QED) is 0.603. The maximum absolute atomic E-state index is 13.2. The standard InChI is InChI=1S/C19H15BrFNO3S/c1-2-22-18(23)17(26-19(22)24)10-12-6-7-16(15(20)9-12)25-11-13-4-3-5-14(21)8-13/h3-10H,2,11H2,1H3/b17-10+. The van der Waals surface area contributed by atoms with Gasteiger partial charge in [0.25, 0.3) is 11.1 Å². The number of hydrogen-bond acceptors (Lipinski definition) is 4. The summed E-state index contributed by atoms with van der Waals surface area (Å²) in [5, 5.41) is -0.252. The molecule has 26 heavy (non-hydrogen) atoms. The first-order valence-corrected chi connectivity index (χ1v) is 9.51. The molecule has 0 aliphatic carbocycles. The van der Waals surface area contributed by atoms with Crippen molar-refractivity contribution in [2.45, 2.75) is 13.5 Å². The van der Waals surface area contributed by atoms with Gasteiger partial charge in [-0.1, -0.05) is 18.2 Å². The highest BCUT2D eigenvalue weighted by molar-refractivity contribution is 9.10. The summed E-state index contributed by atoms with van der Waals surface area (Å²) in [6.45, 7) is 2.37. The molecule has 0 saturated carbocycles. The molecule has 2 aromatic rings. The molecule has 1 aliphatic heterocycles. The summed E-state index contributed by atoms with van der Waals surface area (Å²) in [5.41, 5.74) is 1.51. The number of ether oxygens (including phenoxy) is 1. The second kappa shape index (κ2) is 8.05. The minimum Gasteiger partial charge on any atom is -0.488 e. The van der Waals surface area contributed by atoms with Gasteiger partial charge in [-0.2, -0.15) is 0 Å². The Labute approximate surface area is 163 Å². The number of likely N-dealkylation sites (N-methyl/N-ethyl adjacent to an activating group) is 1. The van der Waals surface area contributed by atoms with E-state index in [1.165, 1.54) is 17.0 Å². The lowest BCUT2D eigenvalue weighted by Gasteiger charge is -2.09. The molecule has 1 aliphatic rings. The van der Waals surface area contributed by atoms with E-state index in [0.29, 0.717) is 21.7 Å². The summed E-state index contributed by atoms with van der Waals surface area (Å²) in [7, 11) is 0. The second-order valence-corrected chi connectivity index (χ2v) is 7.38. The Hall–Kier alpha value is -2.12. The lowest BCUT2D eigenvalue weighted by atomic mass is 10.2. The molecule has 0 unspecified atom stereocenters. The van der Waals surface area contributed by atoms with Gasteiger partial charge in [0, 0.05) is 6.54 Å². The van der Waals surface area contributed by atoms with Crippen molar-refractivity contribution in [3.05, 3.63) is 68.8 Å². The van der Waals surface area contributed by atoms with Crippen LogP contribution in [0.4, 0.5) is 9.18 Å². The molecule has 1 fully saturated rings. The van der Waals surface area contributed by atoms with E-state index in [1.807, 2.05) is 0 Å². The number of amides is 2. The van der Waals surface area contributed by atoms with Crippen LogP contribution in [0.2, 0.25) is 0 Å². The van der Waals surface area contributed by atoms with Gasteiger partial charge in [-0.3, -0.25) is 14.5 Å². The number of nitrogens with zero attached hydrogens (tertiary/aromatic N) is 1. The molecule has 0 radical (unpaired) electrons. The molecule has 3 rings (SSSR count). The fourth-order valence-electron chi connectivity index (χ4n) is 2.44. The van der Waals surface area contributed by atoms with Crippen LogP contribution < -0.4 is 4.74 Å². The van der Waals surface area contributed by atoms with E-state index in [2.05, 4.69) is 15.9 Å². The summed E-state index contributed by atoms with van der Waals surface area (Å²) >= 11 is 4.38. The molecule has 0 N–H and O–H groups in total. The summed E-state index contributed by atoms with van der Waals surface area (Å²) in [6, 6.07) is 11.6. The fraction of sp³-hybridized carbons (Fsp3) is 0.158. The molecule has 1 saturated heterocycles. The van der Waals surface area contributed by atoms with Crippen LogP contribution >= 0.6 is 27.7 Å². The van der Waals surface area contributed by atoms with Crippen LogP contribution in [0, 0.1) is 5.82 Å². The minimum absolute atomic E-state index is 0.241. The van der Waals surface area contributed by atoms with Crippen molar-refractivity contribution in [1.82, 2.24) is 4.90 Å². The van der Waals surface area contributed by atoms with E-state index in [-0.39, 0.29) is 23.6 Å². The largest absolute Gasteiger partial charge is 0.488 e. The first kappa shape index (κ1) is 18.7. The predicted molar refractivity (Wildman–Crippen MR) is 103 cm³/mol. The highest BCUT2D eigenvalue weighted by atomic mass is 79.9. The first-order chi connectivity index (χ1) is 12.5. The second-order valence-electron chi connectivity index (χ2n) is 5.53. The number of halogens is 2. The van der Waals surface area contributed by atoms with Crippen molar-refractivity contribution in [3.8, 4) is 5.75 Å². The van der Waals surface area contributed by atoms with E-state index < -0.39 is 0 Å². The molecule has 1 heterocycles. The van der Waals surface area contributed by atoms with Gasteiger partial charge >= 0.3 is 0 Å². The van der Waals surface area contributed by atoms with Gasteiger partial charge in [0.15, 0.2) is 0 Å². The fourth-order valence-corrected chi connectivity index (χ4v) is 3.85. The highest BCUT2D eigenvalue weighted by Gasteiger charge is 2.33. The van der Waals surface area contributed by atoms with Crippen molar-refractivity contribution in [2.75, 3.05) is 6.54 Å². The number of rotatable bonds is 5. The molecule has 7 heteroatoms. The van der Waals surface area contributed by atoms with Crippen molar-refractivity contribution in [3.63, 3.8) is 0 Å². The number of imide groups is 1. The molecule has 2 amide bonds. The number of carbonyl (C=O) groups is 2. The molecule has 0 bridgehead atoms. The average molecular weight is 436 g/mol. The Balaban J connectivity index is 1.73. The third-order valence-corrected chi connectivity index (χ3v) is 5.25. The number of benzene rings is 2. The Morgan fingerprint density at radius 1 is 1.23 bits per heavy atom. The monoisotopic (exact) mass is 435 g/mol. The SMILES string of the molecule is CCN1C(=O)S/C(=C/c2ccc(OCc3cccc(F)c3)c(Br)c2)C1=O. The van der Waals surface area contributed by atoms with E-state index in [1.54, 1.807) is 43.3 Å². The number of carbonyl (C=O) groups excluding carboxylic acids is 2. The average Bonchev–Trinajstić information content (AvgIpc) is 2.87. The predicted octanol–water partition coefficient (Wildman–Crippen LogP) is 5.22. The van der Waals surface area contributed by atoms with E-state index in [0.717, 1.165) is 22.9 Å². The third-order valence-electron chi connectivity index (χ3n) is 3.73. The molecule has 4 nitrogen and oxygen atoms in total. The van der Waals surface area contributed by atoms with E-state index in [9.17, 15) is 14.0 Å². The summed E-state index contributed by atoms with van der Waals surface area (Å²) < 4.78 is 19.6. The normalized spacial score (nSPS) is 15.8. The lowest BCUT2D eigenvalue weighted by Crippen LogP contribution is -2.27. The van der Waals surface area contributed by atoms with Crippen LogP contribution in [0.5, 0.6) is 5.75 Å². The summed E-state index contributed by atoms with van der Waals surface area (Å²) in [5.74, 6) is 0.0275. The Morgan fingerprint density at radius 3 is 2.69 bits per heavy atom. The molecule has 134 valence electrons. The topological polar surface area (TPSA) is 46.6 Å². The van der Waals surface area contributed by atoms with E-state index in [4.69, 9.17) is 4.74 Å². The van der Waals surface area contributed by atoms with Crippen molar-refractivity contribution in [2.24, 2.45) is 0 Å². The lowest BCUT2D eigenvalue weighted by molar-refractivity contribution is -0.122. The van der Waals surface area contributed by atoms with Crippen LogP contribution in [0.3, 0.4) is 0 Å². The number of thioether (sulfide) groups is 1. The van der Waals surface area contributed by atoms with Gasteiger partial charge in [0.05, 0.1) is 9.38 Å². The molecular weight excluding hydrogens is 421 g/mol. The van der Waals surface area contributed by atoms with Crippen molar-refractivity contribution >= 4 is 44.9 Å². The van der Waals surface area contributed by atoms with Crippen molar-refractivity contribution < 1.29 is 18.7 Å². The zero-order chi connectivity index (χ0) is 18.7. The Kier molecular flexibility index (Phi) is 5.78. The van der Waals surface area contributed by atoms with Crippen LogP contribution in [0.25, 0.3) is 6.08 Å². The van der Waals surface area contributed by atoms with E-state index >= 15 is 0 Å². The third kappa shape index (κ3) is 4.16. The van der Waals surface area contributed by atoms with Gasteiger partial charge in [-0.05, 0) is 76.1 Å². The first-order valence-electron chi connectivity index (χ1n) is 7.90. The molecular formula is C19H15BrFNO3S. The maximum atomic E-state index is 13.2. The summed E-state index contributed by atoms with van der Waals surface area (Å²) in [6.07, 6.45) is 1.68. The van der Waals surface area contributed by atoms with Gasteiger partial charge in [-0.25, -0.2) is 4.39 Å². The smallest absolute Gasteiger partial charge is 0.293 e. The molecule has 0 spiro atoms. The Bertz CT molecular complexity index is 900. The maximum Gasteiger partial charge on any atom is 0.293 e. The molecule has 0 atom stereocenters. The van der Waals surface area contributed by atoms with Crippen LogP contribution in [-0.2, 0) is 11.4 Å². The van der Waals surface area contributed by atoms with Crippen molar-refractivity contribution in [1.29, 1.82) is 0 Å². The molecule has 2 aromatic carbocycles. The highest BCUT2D eigenvalue weighted by Crippen LogP contribution is 2.33.